The largest absolute Gasteiger partial charge is 0.350 e. The lowest BCUT2D eigenvalue weighted by Crippen LogP contribution is -2.31. The van der Waals surface area contributed by atoms with Crippen molar-refractivity contribution in [3.8, 4) is 0 Å². The lowest BCUT2D eigenvalue weighted by atomic mass is 10.0. The molecule has 0 unspecified atom stereocenters. The quantitative estimate of drug-likeness (QED) is 0.244. The molecular weight excluding hydrogens is 447 g/mol. The number of carbonyl (C=O) groups excluding carboxylic acids is 3. The highest BCUT2D eigenvalue weighted by Crippen LogP contribution is 2.14. The van der Waals surface area contributed by atoms with Crippen molar-refractivity contribution in [2.24, 2.45) is 10.8 Å². The van der Waals surface area contributed by atoms with Crippen LogP contribution in [0.15, 0.2) is 90.0 Å². The van der Waals surface area contributed by atoms with E-state index in [0.717, 1.165) is 11.1 Å². The number of halogens is 1. The average molecular weight is 475 g/mol. The van der Waals surface area contributed by atoms with Gasteiger partial charge < -0.3 is 10.6 Å². The Kier molecular flexibility index (Phi) is 9.24. The number of urea groups is 1. The van der Waals surface area contributed by atoms with Gasteiger partial charge in [0.1, 0.15) is 5.82 Å². The van der Waals surface area contributed by atoms with E-state index >= 15 is 0 Å². The van der Waals surface area contributed by atoms with Gasteiger partial charge in [0.25, 0.3) is 0 Å². The summed E-state index contributed by atoms with van der Waals surface area (Å²) >= 11 is 0. The van der Waals surface area contributed by atoms with E-state index in [1.54, 1.807) is 4.90 Å². The summed E-state index contributed by atoms with van der Waals surface area (Å²) in [5, 5.41) is 3.93. The number of rotatable bonds is 11. The van der Waals surface area contributed by atoms with Crippen molar-refractivity contribution in [2.75, 3.05) is 0 Å². The molecule has 0 fully saturated rings. The Bertz CT molecular complexity index is 1120. The number of amides is 3. The van der Waals surface area contributed by atoms with Gasteiger partial charge in [0.2, 0.25) is 5.91 Å². The predicted octanol–water partition coefficient (Wildman–Crippen LogP) is 4.43. The first-order chi connectivity index (χ1) is 16.9. The van der Waals surface area contributed by atoms with Gasteiger partial charge in [-0.25, -0.2) is 14.6 Å². The molecule has 3 rings (SSSR count). The molecule has 3 N–H and O–H groups in total. The van der Waals surface area contributed by atoms with Crippen molar-refractivity contribution in [3.63, 3.8) is 0 Å². The van der Waals surface area contributed by atoms with Gasteiger partial charge >= 0.3 is 6.03 Å². The zero-order valence-corrected chi connectivity index (χ0v) is 19.2. The van der Waals surface area contributed by atoms with Crippen molar-refractivity contribution < 1.29 is 18.8 Å². The van der Waals surface area contributed by atoms with Crippen molar-refractivity contribution >= 4 is 23.4 Å². The maximum atomic E-state index is 13.2. The Morgan fingerprint density at radius 3 is 1.86 bits per heavy atom. The van der Waals surface area contributed by atoms with E-state index in [0.29, 0.717) is 24.4 Å². The highest BCUT2D eigenvalue weighted by atomic mass is 19.1. The van der Waals surface area contributed by atoms with Gasteiger partial charge in [0, 0.05) is 30.8 Å². The number of ketones is 1. The second-order valence-electron chi connectivity index (χ2n) is 7.98. The molecule has 0 aromatic heterocycles. The standard InChI is InChI=1S/C27H27FN4O3/c28-23-13-11-22(12-14-23)25(33)17-24(30-31-27(29)35)15-16-26(34)32(18-20-7-3-1-4-8-20)19-21-9-5-2-6-10-21/h1-14H,15-19H2,(H3,29,31,35)/b30-24+. The minimum absolute atomic E-state index is 0.0790. The second kappa shape index (κ2) is 12.8. The van der Waals surface area contributed by atoms with Crippen LogP contribution in [0.1, 0.15) is 40.7 Å². The van der Waals surface area contributed by atoms with Gasteiger partial charge in [-0.2, -0.15) is 5.10 Å². The zero-order valence-electron chi connectivity index (χ0n) is 19.2. The van der Waals surface area contributed by atoms with E-state index < -0.39 is 11.8 Å². The number of Topliss-reactive ketones (excluding diaryl/α,β-unsaturated/α-hetero) is 1. The van der Waals surface area contributed by atoms with Crippen LogP contribution in [0.3, 0.4) is 0 Å². The van der Waals surface area contributed by atoms with Crippen LogP contribution in [0.2, 0.25) is 0 Å². The number of nitrogens with zero attached hydrogens (tertiary/aromatic N) is 2. The van der Waals surface area contributed by atoms with Crippen molar-refractivity contribution in [3.05, 3.63) is 107 Å². The summed E-state index contributed by atoms with van der Waals surface area (Å²) in [6.07, 6.45) is 0.0817. The number of benzene rings is 3. The Hall–Kier alpha value is -4.33. The zero-order chi connectivity index (χ0) is 25.0. The minimum atomic E-state index is -0.877. The molecule has 7 nitrogen and oxygen atoms in total. The lowest BCUT2D eigenvalue weighted by Gasteiger charge is -2.23. The summed E-state index contributed by atoms with van der Waals surface area (Å²) in [5.41, 5.74) is 9.84. The number of hydrazone groups is 1. The Morgan fingerprint density at radius 2 is 1.34 bits per heavy atom. The first-order valence-electron chi connectivity index (χ1n) is 11.2. The van der Waals surface area contributed by atoms with Crippen LogP contribution in [0, 0.1) is 5.82 Å². The third-order valence-electron chi connectivity index (χ3n) is 5.27. The molecule has 0 aliphatic heterocycles. The molecule has 35 heavy (non-hydrogen) atoms. The topological polar surface area (TPSA) is 105 Å². The smallest absolute Gasteiger partial charge is 0.332 e. The SMILES string of the molecule is NC(=O)N/N=C(\CCC(=O)N(Cc1ccccc1)Cc1ccccc1)CC(=O)c1ccc(F)cc1. The molecular formula is C27H27FN4O3. The van der Waals surface area contributed by atoms with Crippen LogP contribution in [-0.2, 0) is 17.9 Å². The molecule has 3 aromatic rings. The van der Waals surface area contributed by atoms with Crippen LogP contribution in [0.4, 0.5) is 9.18 Å². The molecule has 0 saturated carbocycles. The number of nitrogens with two attached hydrogens (primary N) is 1. The molecule has 3 amide bonds. The Balaban J connectivity index is 1.71. The van der Waals surface area contributed by atoms with E-state index in [1.165, 1.54) is 24.3 Å². The van der Waals surface area contributed by atoms with Gasteiger partial charge in [-0.15, -0.1) is 0 Å². The molecule has 3 aromatic carbocycles. The molecule has 0 heterocycles. The fraction of sp³-hybridized carbons (Fsp3) is 0.185. The minimum Gasteiger partial charge on any atom is -0.350 e. The molecule has 0 bridgehead atoms. The molecule has 0 radical (unpaired) electrons. The van der Waals surface area contributed by atoms with Crippen molar-refractivity contribution in [2.45, 2.75) is 32.4 Å². The summed E-state index contributed by atoms with van der Waals surface area (Å²) in [7, 11) is 0. The van der Waals surface area contributed by atoms with Gasteiger partial charge in [0.05, 0.1) is 6.42 Å². The van der Waals surface area contributed by atoms with Gasteiger partial charge in [-0.05, 0) is 41.8 Å². The van der Waals surface area contributed by atoms with Gasteiger partial charge in [-0.1, -0.05) is 60.7 Å². The second-order valence-corrected chi connectivity index (χ2v) is 7.98. The summed E-state index contributed by atoms with van der Waals surface area (Å²) in [5.74, 6) is -0.889. The third kappa shape index (κ3) is 8.51. The third-order valence-corrected chi connectivity index (χ3v) is 5.27. The Labute approximate surface area is 203 Å². The van der Waals surface area contributed by atoms with Crippen LogP contribution >= 0.6 is 0 Å². The highest BCUT2D eigenvalue weighted by Gasteiger charge is 2.18. The van der Waals surface area contributed by atoms with Crippen molar-refractivity contribution in [1.82, 2.24) is 10.3 Å². The fourth-order valence-corrected chi connectivity index (χ4v) is 3.49. The van der Waals surface area contributed by atoms with Gasteiger partial charge in [0.15, 0.2) is 5.78 Å². The number of nitrogens with one attached hydrogen (secondary N) is 1. The first-order valence-corrected chi connectivity index (χ1v) is 11.2. The number of hydrogen-bond donors (Lipinski definition) is 2. The van der Waals surface area contributed by atoms with Crippen LogP contribution in [-0.4, -0.2) is 28.3 Å². The number of carbonyl (C=O) groups is 3. The van der Waals surface area contributed by atoms with E-state index in [2.05, 4.69) is 10.5 Å². The first kappa shape index (κ1) is 25.3. The molecule has 8 heteroatoms. The summed E-state index contributed by atoms with van der Waals surface area (Å²) in [6.45, 7) is 0.851. The molecule has 0 atom stereocenters. The average Bonchev–Trinajstić information content (AvgIpc) is 2.86. The molecule has 0 aliphatic carbocycles. The molecule has 0 aliphatic rings. The maximum Gasteiger partial charge on any atom is 0.332 e. The molecule has 180 valence electrons. The highest BCUT2D eigenvalue weighted by molar-refractivity contribution is 6.10. The summed E-state index contributed by atoms with van der Waals surface area (Å²) < 4.78 is 13.2. The molecule has 0 saturated heterocycles. The fourth-order valence-electron chi connectivity index (χ4n) is 3.49. The Morgan fingerprint density at radius 1 is 0.800 bits per heavy atom. The van der Waals surface area contributed by atoms with E-state index in [9.17, 15) is 18.8 Å². The summed E-state index contributed by atoms with van der Waals surface area (Å²) in [4.78, 5) is 38.7. The van der Waals surface area contributed by atoms with Crippen LogP contribution in [0.5, 0.6) is 0 Å². The monoisotopic (exact) mass is 474 g/mol. The van der Waals surface area contributed by atoms with Crippen molar-refractivity contribution in [1.29, 1.82) is 0 Å². The van der Waals surface area contributed by atoms with E-state index in [1.807, 2.05) is 60.7 Å². The van der Waals surface area contributed by atoms with Crippen LogP contribution < -0.4 is 11.2 Å². The lowest BCUT2D eigenvalue weighted by molar-refractivity contribution is -0.132. The number of hydrogen-bond acceptors (Lipinski definition) is 4. The van der Waals surface area contributed by atoms with E-state index in [4.69, 9.17) is 5.73 Å². The maximum absolute atomic E-state index is 13.2. The predicted molar refractivity (Wildman–Crippen MR) is 132 cm³/mol. The summed E-state index contributed by atoms with van der Waals surface area (Å²) in [6, 6.07) is 23.6. The molecule has 0 spiro atoms. The van der Waals surface area contributed by atoms with Gasteiger partial charge in [-0.3, -0.25) is 9.59 Å². The van der Waals surface area contributed by atoms with E-state index in [-0.39, 0.29) is 31.0 Å². The number of primary amides is 1. The normalized spacial score (nSPS) is 11.1. The van der Waals surface area contributed by atoms with Crippen LogP contribution in [0.25, 0.3) is 0 Å².